The molecule has 0 radical (unpaired) electrons. The van der Waals surface area contributed by atoms with Gasteiger partial charge >= 0.3 is 5.97 Å². The van der Waals surface area contributed by atoms with Gasteiger partial charge in [0, 0.05) is 58.6 Å². The van der Waals surface area contributed by atoms with Gasteiger partial charge in [0.15, 0.2) is 6.61 Å². The molecule has 6 nitrogen and oxygen atoms in total. The van der Waals surface area contributed by atoms with Crippen molar-refractivity contribution in [3.05, 3.63) is 40.2 Å². The zero-order chi connectivity index (χ0) is 28.7. The molecule has 1 aromatic heterocycles. The average molecular weight is 546 g/mol. The molecule has 40 heavy (non-hydrogen) atoms. The van der Waals surface area contributed by atoms with Crippen LogP contribution in [0.1, 0.15) is 17.5 Å². The second-order valence-electron chi connectivity index (χ2n) is 7.18. The Morgan fingerprint density at radius 3 is 2.15 bits per heavy atom. The van der Waals surface area contributed by atoms with E-state index in [-0.39, 0.29) is 28.2 Å². The van der Waals surface area contributed by atoms with E-state index in [9.17, 15) is 19.4 Å². The Hall–Kier alpha value is -6.19. The van der Waals surface area contributed by atoms with Crippen LogP contribution in [0.5, 0.6) is 17.5 Å². The number of terminal acetylenes is 1. The molecule has 1 aliphatic rings. The molecule has 0 amide bonds. The Labute approximate surface area is 235 Å². The van der Waals surface area contributed by atoms with Gasteiger partial charge in [-0.25, -0.2) is 13.8 Å². The lowest BCUT2D eigenvalue weighted by Gasteiger charge is -2.12. The second kappa shape index (κ2) is 14.5. The summed E-state index contributed by atoms with van der Waals surface area (Å²) in [6.07, 6.45) is 11.6. The predicted octanol–water partition coefficient (Wildman–Crippen LogP) is 3.18. The van der Waals surface area contributed by atoms with E-state index in [0.717, 1.165) is 16.7 Å². The molecule has 0 fully saturated rings. The van der Waals surface area contributed by atoms with E-state index in [1.165, 1.54) is 0 Å². The summed E-state index contributed by atoms with van der Waals surface area (Å²) in [4.78, 5) is 11.9. The number of fused-ring (bicyclic) bond motifs is 1. The lowest BCUT2D eigenvalue weighted by molar-refractivity contribution is -0.139. The van der Waals surface area contributed by atoms with E-state index in [1.807, 2.05) is 6.08 Å². The topological polar surface area (TPSA) is 80.9 Å². The molecule has 0 saturated heterocycles. The highest BCUT2D eigenvalue weighted by molar-refractivity contribution is 6.32. The number of benzene rings is 1. The van der Waals surface area contributed by atoms with E-state index in [0.29, 0.717) is 24.0 Å². The largest absolute Gasteiger partial charge is 0.494 e. The van der Waals surface area contributed by atoms with Gasteiger partial charge in [0.25, 0.3) is 0 Å². The van der Waals surface area contributed by atoms with Gasteiger partial charge in [-0.2, -0.15) is 0 Å². The molecule has 0 atom stereocenters. The minimum absolute atomic E-state index is 0.0885. The highest BCUT2D eigenvalue weighted by Crippen LogP contribution is 2.42. The van der Waals surface area contributed by atoms with Crippen molar-refractivity contribution in [3.63, 3.8) is 0 Å². The fourth-order valence-corrected chi connectivity index (χ4v) is 3.35. The summed E-state index contributed by atoms with van der Waals surface area (Å²) in [5.74, 6) is 30.7. The molecule has 1 aromatic carbocycles. The Bertz CT molecular complexity index is 1900. The van der Waals surface area contributed by atoms with Gasteiger partial charge in [-0.05, 0) is 60.4 Å². The number of rotatable bonds is 4. The third kappa shape index (κ3) is 7.65. The van der Waals surface area contributed by atoms with Crippen molar-refractivity contribution in [3.8, 4) is 119 Å². The van der Waals surface area contributed by atoms with E-state index >= 15 is 0 Å². The second-order valence-corrected chi connectivity index (χ2v) is 7.59. The van der Waals surface area contributed by atoms with Crippen molar-refractivity contribution < 1.29 is 28.9 Å². The lowest BCUT2D eigenvalue weighted by Crippen LogP contribution is -2.13. The standard InChI is InChI=1S/C32H13ClFNO5/c1-2-3-4-5-6-7-8-9-10-11-12-13-14-17-20-39-30(36)23-40-29-22-28(27(34)21-26(29)33)35-31(37)24-18-15-16-19-25(24)32(35)38/h1,15,18,21-22,37-38H,16,19,23H2. The Morgan fingerprint density at radius 2 is 1.55 bits per heavy atom. The van der Waals surface area contributed by atoms with Crippen LogP contribution < -0.4 is 4.74 Å². The average Bonchev–Trinajstić information content (AvgIpc) is 3.20. The number of aromatic nitrogens is 1. The zero-order valence-electron chi connectivity index (χ0n) is 20.3. The monoisotopic (exact) mass is 545 g/mol. The molecule has 3 rings (SSSR count). The van der Waals surface area contributed by atoms with Gasteiger partial charge in [0.1, 0.15) is 17.7 Å². The van der Waals surface area contributed by atoms with E-state index in [1.54, 1.807) is 6.08 Å². The molecule has 8 heteroatoms. The minimum Gasteiger partial charge on any atom is -0.494 e. The Balaban J connectivity index is 1.57. The summed E-state index contributed by atoms with van der Waals surface area (Å²) < 4.78 is 25.7. The molecule has 0 spiro atoms. The van der Waals surface area contributed by atoms with Gasteiger partial charge in [0.2, 0.25) is 11.8 Å². The van der Waals surface area contributed by atoms with Gasteiger partial charge in [-0.1, -0.05) is 23.8 Å². The maximum atomic E-state index is 14.7. The van der Waals surface area contributed by atoms with Crippen molar-refractivity contribution in [2.24, 2.45) is 0 Å². The number of allylic oxidation sites excluding steroid dienone is 1. The number of ether oxygens (including phenoxy) is 2. The van der Waals surface area contributed by atoms with Crippen LogP contribution in [-0.2, 0) is 16.0 Å². The summed E-state index contributed by atoms with van der Waals surface area (Å²) in [7, 11) is 0. The maximum Gasteiger partial charge on any atom is 0.358 e. The van der Waals surface area contributed by atoms with Crippen LogP contribution in [0.4, 0.5) is 4.39 Å². The molecule has 0 bridgehead atoms. The van der Waals surface area contributed by atoms with Crippen LogP contribution >= 0.6 is 11.6 Å². The summed E-state index contributed by atoms with van der Waals surface area (Å²) in [6.45, 7) is -0.618. The van der Waals surface area contributed by atoms with Crippen molar-refractivity contribution in [1.29, 1.82) is 0 Å². The number of carbonyl (C=O) groups excluding carboxylic acids is 1. The third-order valence-corrected chi connectivity index (χ3v) is 5.03. The number of carbonyl (C=O) groups is 1. The first-order valence-electron chi connectivity index (χ1n) is 11.0. The molecule has 1 aliphatic carbocycles. The SMILES string of the molecule is C#CC#CC#CC#CC#CC#CC#CC#COC(=O)COc1cc(-n2c(O)c3c(c2O)CCC=C3)c(F)cc1Cl. The molecule has 1 heterocycles. The van der Waals surface area contributed by atoms with Crippen molar-refractivity contribution in [2.45, 2.75) is 12.8 Å². The van der Waals surface area contributed by atoms with Crippen LogP contribution in [0.15, 0.2) is 18.2 Å². The summed E-state index contributed by atoms with van der Waals surface area (Å²) in [5, 5.41) is 21.0. The Kier molecular flexibility index (Phi) is 10.3. The van der Waals surface area contributed by atoms with Crippen molar-refractivity contribution >= 4 is 23.6 Å². The molecule has 0 aliphatic heterocycles. The molecular weight excluding hydrogens is 533 g/mol. The van der Waals surface area contributed by atoms with Gasteiger partial charge in [-0.3, -0.25) is 0 Å². The first kappa shape index (κ1) is 28.4. The summed E-state index contributed by atoms with van der Waals surface area (Å²) >= 11 is 6.04. The number of nitrogens with zero attached hydrogens (tertiary/aromatic N) is 1. The van der Waals surface area contributed by atoms with Crippen LogP contribution in [0.3, 0.4) is 0 Å². The lowest BCUT2D eigenvalue weighted by atomic mass is 10.0. The molecule has 0 saturated carbocycles. The smallest absolute Gasteiger partial charge is 0.358 e. The van der Waals surface area contributed by atoms with E-state index in [2.05, 4.69) is 93.7 Å². The zero-order valence-corrected chi connectivity index (χ0v) is 21.1. The first-order valence-corrected chi connectivity index (χ1v) is 11.4. The van der Waals surface area contributed by atoms with E-state index < -0.39 is 18.4 Å². The maximum absolute atomic E-state index is 14.7. The number of halogens is 2. The number of aromatic hydroxyl groups is 2. The molecule has 2 N–H and O–H groups in total. The first-order chi connectivity index (χ1) is 19.4. The quantitative estimate of drug-likeness (QED) is 0.456. The van der Waals surface area contributed by atoms with Crippen LogP contribution in [-0.4, -0.2) is 27.4 Å². The van der Waals surface area contributed by atoms with Crippen molar-refractivity contribution in [2.75, 3.05) is 6.61 Å². The van der Waals surface area contributed by atoms with Crippen molar-refractivity contribution in [1.82, 2.24) is 4.57 Å². The fraction of sp³-hybridized carbons (Fsp3) is 0.0938. The molecule has 2 aromatic rings. The predicted molar refractivity (Wildman–Crippen MR) is 146 cm³/mol. The third-order valence-electron chi connectivity index (χ3n) is 4.73. The normalized spacial score (nSPS) is 9.43. The number of hydrogen-bond acceptors (Lipinski definition) is 5. The molecule has 0 unspecified atom stereocenters. The van der Waals surface area contributed by atoms with Crippen LogP contribution in [0.25, 0.3) is 11.8 Å². The highest BCUT2D eigenvalue weighted by Gasteiger charge is 2.25. The number of esters is 1. The number of hydrogen-bond donors (Lipinski definition) is 2. The van der Waals surface area contributed by atoms with Crippen LogP contribution in [0.2, 0.25) is 5.02 Å². The minimum atomic E-state index is -0.882. The summed E-state index contributed by atoms with van der Waals surface area (Å²) in [6, 6.07) is 2.08. The highest BCUT2D eigenvalue weighted by atomic mass is 35.5. The van der Waals surface area contributed by atoms with Gasteiger partial charge in [-0.15, -0.1) is 6.42 Å². The fourth-order valence-electron chi connectivity index (χ4n) is 3.14. The summed E-state index contributed by atoms with van der Waals surface area (Å²) in [5.41, 5.74) is 0.655. The van der Waals surface area contributed by atoms with Crippen LogP contribution in [0, 0.1) is 101 Å². The molecular formula is C32H13ClFNO5. The Morgan fingerprint density at radius 1 is 0.950 bits per heavy atom. The van der Waals surface area contributed by atoms with E-state index in [4.69, 9.17) is 22.8 Å². The van der Waals surface area contributed by atoms with Gasteiger partial charge < -0.3 is 19.7 Å². The van der Waals surface area contributed by atoms with Gasteiger partial charge in [0.05, 0.1) is 10.7 Å². The molecule has 190 valence electrons.